The van der Waals surface area contributed by atoms with Crippen LogP contribution < -0.4 is 11.5 Å². The second-order valence-electron chi connectivity index (χ2n) is 4.89. The summed E-state index contributed by atoms with van der Waals surface area (Å²) in [6, 6.07) is 2.94. The minimum absolute atomic E-state index is 0.103. The topological polar surface area (TPSA) is 78.3 Å². The number of anilines is 1. The second-order valence-corrected chi connectivity index (χ2v) is 4.89. The molecule has 0 bridgehead atoms. The van der Waals surface area contributed by atoms with E-state index in [0.29, 0.717) is 5.56 Å². The highest BCUT2D eigenvalue weighted by Gasteiger charge is 2.39. The monoisotopic (exact) mass is 304 g/mol. The molecule has 0 spiro atoms. The van der Waals surface area contributed by atoms with Crippen molar-refractivity contribution in [2.24, 2.45) is 5.73 Å². The lowest BCUT2D eigenvalue weighted by molar-refractivity contribution is -0.149. The van der Waals surface area contributed by atoms with Crippen LogP contribution in [0.2, 0.25) is 0 Å². The Labute approximate surface area is 121 Å². The van der Waals surface area contributed by atoms with E-state index in [9.17, 15) is 18.0 Å². The molecule has 0 aromatic heterocycles. The summed E-state index contributed by atoms with van der Waals surface area (Å²) in [6.45, 7) is 3.56. The zero-order chi connectivity index (χ0) is 16.3. The summed E-state index contributed by atoms with van der Waals surface area (Å²) >= 11 is 0. The van der Waals surface area contributed by atoms with E-state index in [1.54, 1.807) is 13.8 Å². The molecule has 0 saturated heterocycles. The third-order valence-corrected chi connectivity index (χ3v) is 3.34. The Balaban J connectivity index is 3.30. The minimum Gasteiger partial charge on any atom is -0.465 e. The molecule has 4 nitrogen and oxygen atoms in total. The van der Waals surface area contributed by atoms with Gasteiger partial charge in [-0.15, -0.1) is 0 Å². The Bertz CT molecular complexity index is 517. The zero-order valence-electron chi connectivity index (χ0n) is 12.0. The summed E-state index contributed by atoms with van der Waals surface area (Å²) in [5.74, 6) is -0.554. The highest BCUT2D eigenvalue weighted by Crippen LogP contribution is 2.37. The number of nitrogen functional groups attached to an aromatic ring is 1. The first-order valence-corrected chi connectivity index (χ1v) is 6.51. The normalized spacial score (nSPS) is 14.6. The summed E-state index contributed by atoms with van der Waals surface area (Å²) in [4.78, 5) is 12.1. The maximum atomic E-state index is 12.7. The van der Waals surface area contributed by atoms with Gasteiger partial charge in [-0.2, -0.15) is 13.2 Å². The van der Waals surface area contributed by atoms with Gasteiger partial charge in [0.25, 0.3) is 0 Å². The number of carbonyl (C=O) groups excluding carboxylic acids is 1. The lowest BCUT2D eigenvalue weighted by Gasteiger charge is -2.29. The average molecular weight is 304 g/mol. The number of hydrogen-bond donors (Lipinski definition) is 2. The van der Waals surface area contributed by atoms with Gasteiger partial charge in [-0.1, -0.05) is 6.07 Å². The molecule has 1 unspecified atom stereocenters. The lowest BCUT2D eigenvalue weighted by Crippen LogP contribution is -2.37. The number of ether oxygens (including phenoxy) is 1. The van der Waals surface area contributed by atoms with Crippen molar-refractivity contribution in [2.75, 3.05) is 18.9 Å². The van der Waals surface area contributed by atoms with Gasteiger partial charge in [0, 0.05) is 5.69 Å². The molecule has 0 saturated carbocycles. The maximum Gasteiger partial charge on any atom is 0.416 e. The van der Waals surface area contributed by atoms with Crippen LogP contribution in [0.15, 0.2) is 18.2 Å². The van der Waals surface area contributed by atoms with Crippen LogP contribution in [-0.2, 0) is 21.1 Å². The van der Waals surface area contributed by atoms with Crippen LogP contribution in [0.3, 0.4) is 0 Å². The smallest absolute Gasteiger partial charge is 0.416 e. The summed E-state index contributed by atoms with van der Waals surface area (Å²) < 4.78 is 43.0. The summed E-state index contributed by atoms with van der Waals surface area (Å²) in [7, 11) is 0. The van der Waals surface area contributed by atoms with E-state index >= 15 is 0 Å². The first-order chi connectivity index (χ1) is 9.66. The van der Waals surface area contributed by atoms with E-state index < -0.39 is 23.1 Å². The zero-order valence-corrected chi connectivity index (χ0v) is 12.0. The number of halogens is 3. The Morgan fingerprint density at radius 1 is 1.33 bits per heavy atom. The lowest BCUT2D eigenvalue weighted by atomic mass is 9.78. The molecule has 0 heterocycles. The molecule has 0 fully saturated rings. The number of alkyl halides is 3. The number of rotatable bonds is 5. The molecule has 1 atom stereocenters. The Kier molecular flexibility index (Phi) is 5.22. The Hall–Kier alpha value is -1.76. The second kappa shape index (κ2) is 6.34. The summed E-state index contributed by atoms with van der Waals surface area (Å²) in [6.07, 6.45) is -4.26. The molecule has 21 heavy (non-hydrogen) atoms. The van der Waals surface area contributed by atoms with Gasteiger partial charge in [0.1, 0.15) is 0 Å². The van der Waals surface area contributed by atoms with E-state index in [4.69, 9.17) is 16.2 Å². The van der Waals surface area contributed by atoms with Crippen LogP contribution >= 0.6 is 0 Å². The van der Waals surface area contributed by atoms with Crippen LogP contribution in [0.1, 0.15) is 31.4 Å². The third kappa shape index (κ3) is 3.66. The molecule has 118 valence electrons. The van der Waals surface area contributed by atoms with E-state index in [-0.39, 0.29) is 25.3 Å². The predicted molar refractivity (Wildman–Crippen MR) is 73.5 cm³/mol. The van der Waals surface area contributed by atoms with E-state index in [1.807, 2.05) is 0 Å². The summed E-state index contributed by atoms with van der Waals surface area (Å²) in [5, 5.41) is 0. The fraction of sp³-hybridized carbons (Fsp3) is 0.500. The van der Waals surface area contributed by atoms with Gasteiger partial charge < -0.3 is 16.2 Å². The molecular weight excluding hydrogens is 285 g/mol. The van der Waals surface area contributed by atoms with E-state index in [1.165, 1.54) is 6.07 Å². The molecule has 0 radical (unpaired) electrons. The van der Waals surface area contributed by atoms with Crippen molar-refractivity contribution < 1.29 is 22.7 Å². The van der Waals surface area contributed by atoms with Gasteiger partial charge >= 0.3 is 12.1 Å². The van der Waals surface area contributed by atoms with Crippen LogP contribution in [0.4, 0.5) is 18.9 Å². The fourth-order valence-corrected chi connectivity index (χ4v) is 2.17. The first kappa shape index (κ1) is 17.3. The van der Waals surface area contributed by atoms with Gasteiger partial charge in [0.2, 0.25) is 0 Å². The van der Waals surface area contributed by atoms with Crippen LogP contribution in [-0.4, -0.2) is 19.1 Å². The maximum absolute atomic E-state index is 12.7. The standard InChI is InChI=1S/C14H19F3N2O2/c1-3-21-12(20)13(2,6-7-18)10-5-4-9(8-11(10)19)14(15,16)17/h4-5,8H,3,6-7,18-19H2,1-2H3. The number of benzene rings is 1. The average Bonchev–Trinajstić information content (AvgIpc) is 2.37. The molecule has 4 N–H and O–H groups in total. The quantitative estimate of drug-likeness (QED) is 0.647. The van der Waals surface area contributed by atoms with Crippen molar-refractivity contribution in [3.63, 3.8) is 0 Å². The third-order valence-electron chi connectivity index (χ3n) is 3.34. The van der Waals surface area contributed by atoms with Gasteiger partial charge in [-0.25, -0.2) is 0 Å². The molecular formula is C14H19F3N2O2. The molecule has 7 heteroatoms. The summed E-state index contributed by atoms with van der Waals surface area (Å²) in [5.41, 5.74) is 9.39. The largest absolute Gasteiger partial charge is 0.465 e. The SMILES string of the molecule is CCOC(=O)C(C)(CCN)c1ccc(C(F)(F)F)cc1N. The van der Waals surface area contributed by atoms with Gasteiger partial charge in [0.05, 0.1) is 17.6 Å². The highest BCUT2D eigenvalue weighted by molar-refractivity contribution is 5.85. The molecule has 0 amide bonds. The molecule has 1 aromatic rings. The van der Waals surface area contributed by atoms with Crippen molar-refractivity contribution in [3.05, 3.63) is 29.3 Å². The number of nitrogens with two attached hydrogens (primary N) is 2. The van der Waals surface area contributed by atoms with Gasteiger partial charge in [-0.05, 0) is 44.5 Å². The van der Waals surface area contributed by atoms with E-state index in [0.717, 1.165) is 12.1 Å². The number of hydrogen-bond acceptors (Lipinski definition) is 4. The Morgan fingerprint density at radius 2 is 1.95 bits per heavy atom. The Morgan fingerprint density at radius 3 is 2.38 bits per heavy atom. The molecule has 0 aliphatic heterocycles. The van der Waals surface area contributed by atoms with Crippen molar-refractivity contribution >= 4 is 11.7 Å². The molecule has 1 rings (SSSR count). The van der Waals surface area contributed by atoms with Gasteiger partial charge in [0.15, 0.2) is 0 Å². The highest BCUT2D eigenvalue weighted by atomic mass is 19.4. The number of esters is 1. The van der Waals surface area contributed by atoms with Crippen LogP contribution in [0, 0.1) is 0 Å². The molecule has 1 aromatic carbocycles. The van der Waals surface area contributed by atoms with Crippen LogP contribution in [0.5, 0.6) is 0 Å². The van der Waals surface area contributed by atoms with Crippen molar-refractivity contribution in [3.8, 4) is 0 Å². The van der Waals surface area contributed by atoms with Crippen molar-refractivity contribution in [1.29, 1.82) is 0 Å². The van der Waals surface area contributed by atoms with Crippen LogP contribution in [0.25, 0.3) is 0 Å². The first-order valence-electron chi connectivity index (χ1n) is 6.51. The molecule has 0 aliphatic rings. The van der Waals surface area contributed by atoms with Crippen molar-refractivity contribution in [2.45, 2.75) is 31.9 Å². The van der Waals surface area contributed by atoms with Crippen molar-refractivity contribution in [1.82, 2.24) is 0 Å². The predicted octanol–water partition coefficient (Wildman–Crippen LogP) is 2.46. The minimum atomic E-state index is -4.49. The molecule has 0 aliphatic carbocycles. The van der Waals surface area contributed by atoms with Gasteiger partial charge in [-0.3, -0.25) is 4.79 Å². The fourth-order valence-electron chi connectivity index (χ4n) is 2.17. The number of carbonyl (C=O) groups is 1. The van der Waals surface area contributed by atoms with E-state index in [2.05, 4.69) is 0 Å².